The average molecular weight is 367 g/mol. The monoisotopic (exact) mass is 366 g/mol. The van der Waals surface area contributed by atoms with Gasteiger partial charge in [-0.2, -0.15) is 0 Å². The lowest BCUT2D eigenvalue weighted by atomic mass is 9.84. The second kappa shape index (κ2) is 5.86. The zero-order valence-electron chi connectivity index (χ0n) is 14.3. The van der Waals surface area contributed by atoms with E-state index in [2.05, 4.69) is 29.2 Å². The minimum Gasteiger partial charge on any atom is -0.365 e. The fraction of sp³-hybridized carbons (Fsp3) is 0.286. The van der Waals surface area contributed by atoms with Crippen LogP contribution in [0.1, 0.15) is 34.5 Å². The normalized spacial score (nSPS) is 18.4. The van der Waals surface area contributed by atoms with Crippen LogP contribution >= 0.6 is 11.6 Å². The molecule has 0 bridgehead atoms. The van der Waals surface area contributed by atoms with E-state index >= 15 is 0 Å². The number of hydrogen-bond donors (Lipinski definition) is 1. The minimum atomic E-state index is -0.221. The van der Waals surface area contributed by atoms with Gasteiger partial charge in [-0.1, -0.05) is 35.9 Å². The van der Waals surface area contributed by atoms with Crippen LogP contribution in [0.3, 0.4) is 0 Å². The number of halogens is 1. The smallest absolute Gasteiger partial charge is 0.270 e. The van der Waals surface area contributed by atoms with Gasteiger partial charge in [0, 0.05) is 29.0 Å². The van der Waals surface area contributed by atoms with Crippen molar-refractivity contribution in [2.75, 3.05) is 13.1 Å². The predicted octanol–water partition coefficient (Wildman–Crippen LogP) is 4.48. The zero-order valence-corrected chi connectivity index (χ0v) is 15.1. The van der Waals surface area contributed by atoms with Crippen molar-refractivity contribution in [3.8, 4) is 0 Å². The summed E-state index contributed by atoms with van der Waals surface area (Å²) in [6.07, 6.45) is 1.67. The molecule has 0 radical (unpaired) electrons. The lowest BCUT2D eigenvalue weighted by Crippen LogP contribution is -2.45. The maximum absolute atomic E-state index is 12.9. The highest BCUT2D eigenvalue weighted by atomic mass is 35.5. The molecule has 1 saturated heterocycles. The number of ether oxygens (including phenoxy) is 1. The fourth-order valence-corrected chi connectivity index (χ4v) is 4.44. The average Bonchev–Trinajstić information content (AvgIpc) is 3.24. The number of H-pyrrole nitrogens is 1. The van der Waals surface area contributed by atoms with Crippen LogP contribution in [-0.4, -0.2) is 28.9 Å². The standard InChI is InChI=1S/C21H19ClN2O2/c22-16-5-6-18-15(11-16)12-19(23-18)20(25)24-9-7-21(8-10-24)17-4-2-1-3-14(17)13-26-21/h1-6,11-12,23H,7-10,13H2. The van der Waals surface area contributed by atoms with E-state index in [0.717, 1.165) is 23.7 Å². The van der Waals surface area contributed by atoms with E-state index in [4.69, 9.17) is 16.3 Å². The second-order valence-electron chi connectivity index (χ2n) is 7.15. The van der Waals surface area contributed by atoms with Crippen molar-refractivity contribution in [2.45, 2.75) is 25.0 Å². The second-order valence-corrected chi connectivity index (χ2v) is 7.58. The fourth-order valence-electron chi connectivity index (χ4n) is 4.26. The van der Waals surface area contributed by atoms with Crippen molar-refractivity contribution < 1.29 is 9.53 Å². The van der Waals surface area contributed by atoms with Crippen molar-refractivity contribution in [3.05, 3.63) is 70.4 Å². The molecular formula is C21H19ClN2O2. The molecule has 2 aliphatic heterocycles. The Bertz CT molecular complexity index is 1000. The molecule has 132 valence electrons. The number of fused-ring (bicyclic) bond motifs is 3. The summed E-state index contributed by atoms with van der Waals surface area (Å²) in [5.41, 5.74) is 3.90. The molecule has 4 nitrogen and oxygen atoms in total. The number of nitrogens with one attached hydrogen (secondary N) is 1. The maximum atomic E-state index is 12.9. The van der Waals surface area contributed by atoms with Crippen LogP contribution in [-0.2, 0) is 16.9 Å². The van der Waals surface area contributed by atoms with E-state index in [9.17, 15) is 4.79 Å². The first-order chi connectivity index (χ1) is 12.6. The Morgan fingerprint density at radius 2 is 1.92 bits per heavy atom. The molecule has 2 aliphatic rings. The third-order valence-corrected chi connectivity index (χ3v) is 5.92. The summed E-state index contributed by atoms with van der Waals surface area (Å²) in [5, 5.41) is 1.63. The molecule has 3 heterocycles. The molecule has 3 aromatic rings. The molecule has 1 N–H and O–H groups in total. The number of likely N-dealkylation sites (tertiary alicyclic amines) is 1. The molecule has 26 heavy (non-hydrogen) atoms. The highest BCUT2D eigenvalue weighted by Gasteiger charge is 2.43. The Hall–Kier alpha value is -2.30. The number of rotatable bonds is 1. The Balaban J connectivity index is 1.36. The number of amides is 1. The molecule has 0 aliphatic carbocycles. The van der Waals surface area contributed by atoms with Gasteiger partial charge in [-0.15, -0.1) is 0 Å². The SMILES string of the molecule is O=C(c1cc2cc(Cl)ccc2[nH]1)N1CCC2(CC1)OCc1ccccc12. The minimum absolute atomic E-state index is 0.0402. The Kier molecular flexibility index (Phi) is 3.59. The number of benzene rings is 2. The lowest BCUT2D eigenvalue weighted by Gasteiger charge is -2.39. The molecule has 2 aromatic carbocycles. The van der Waals surface area contributed by atoms with Crippen LogP contribution in [0.25, 0.3) is 10.9 Å². The number of hydrogen-bond acceptors (Lipinski definition) is 2. The highest BCUT2D eigenvalue weighted by Crippen LogP contribution is 2.44. The van der Waals surface area contributed by atoms with Crippen molar-refractivity contribution in [1.29, 1.82) is 0 Å². The van der Waals surface area contributed by atoms with Gasteiger partial charge in [0.25, 0.3) is 5.91 Å². The first-order valence-corrected chi connectivity index (χ1v) is 9.32. The van der Waals surface area contributed by atoms with Crippen LogP contribution in [0.2, 0.25) is 5.02 Å². The molecule has 0 unspecified atom stereocenters. The summed E-state index contributed by atoms with van der Waals surface area (Å²) in [5.74, 6) is 0.0402. The Morgan fingerprint density at radius 1 is 1.12 bits per heavy atom. The molecule has 1 aromatic heterocycles. The van der Waals surface area contributed by atoms with E-state index < -0.39 is 0 Å². The number of piperidine rings is 1. The Labute approximate surface area is 156 Å². The van der Waals surface area contributed by atoms with E-state index in [1.807, 2.05) is 29.2 Å². The van der Waals surface area contributed by atoms with Gasteiger partial charge in [-0.05, 0) is 48.2 Å². The predicted molar refractivity (Wildman–Crippen MR) is 101 cm³/mol. The number of aromatic amines is 1. The number of carbonyl (C=O) groups excluding carboxylic acids is 1. The maximum Gasteiger partial charge on any atom is 0.270 e. The molecule has 1 fully saturated rings. The van der Waals surface area contributed by atoms with E-state index in [0.29, 0.717) is 30.4 Å². The number of nitrogens with zero attached hydrogens (tertiary/aromatic N) is 1. The summed E-state index contributed by atoms with van der Waals surface area (Å²) >= 11 is 6.04. The van der Waals surface area contributed by atoms with Crippen molar-refractivity contribution in [3.63, 3.8) is 0 Å². The summed E-state index contributed by atoms with van der Waals surface area (Å²) in [7, 11) is 0. The van der Waals surface area contributed by atoms with Crippen LogP contribution in [0.4, 0.5) is 0 Å². The highest BCUT2D eigenvalue weighted by molar-refractivity contribution is 6.31. The van der Waals surface area contributed by atoms with E-state index in [-0.39, 0.29) is 11.5 Å². The molecule has 5 rings (SSSR count). The quantitative estimate of drug-likeness (QED) is 0.690. The van der Waals surface area contributed by atoms with E-state index in [1.165, 1.54) is 11.1 Å². The summed E-state index contributed by atoms with van der Waals surface area (Å²) in [4.78, 5) is 18.1. The van der Waals surface area contributed by atoms with Gasteiger partial charge in [0.1, 0.15) is 5.69 Å². The van der Waals surface area contributed by atoms with Crippen LogP contribution in [0.15, 0.2) is 48.5 Å². The first kappa shape index (κ1) is 15.9. The number of carbonyl (C=O) groups is 1. The Morgan fingerprint density at radius 3 is 2.77 bits per heavy atom. The van der Waals surface area contributed by atoms with Crippen LogP contribution in [0.5, 0.6) is 0 Å². The van der Waals surface area contributed by atoms with E-state index in [1.54, 1.807) is 0 Å². The first-order valence-electron chi connectivity index (χ1n) is 8.95. The van der Waals surface area contributed by atoms with Crippen molar-refractivity contribution in [2.24, 2.45) is 0 Å². The van der Waals surface area contributed by atoms with Gasteiger partial charge >= 0.3 is 0 Å². The van der Waals surface area contributed by atoms with Gasteiger partial charge < -0.3 is 14.6 Å². The zero-order chi connectivity index (χ0) is 17.7. The van der Waals surface area contributed by atoms with Gasteiger partial charge in [-0.25, -0.2) is 0 Å². The molecular weight excluding hydrogens is 348 g/mol. The van der Waals surface area contributed by atoms with Crippen molar-refractivity contribution >= 4 is 28.4 Å². The summed E-state index contributed by atoms with van der Waals surface area (Å²) in [6.45, 7) is 2.07. The summed E-state index contributed by atoms with van der Waals surface area (Å²) in [6, 6.07) is 15.9. The largest absolute Gasteiger partial charge is 0.365 e. The summed E-state index contributed by atoms with van der Waals surface area (Å²) < 4.78 is 6.19. The third kappa shape index (κ3) is 2.44. The van der Waals surface area contributed by atoms with Gasteiger partial charge in [0.05, 0.1) is 12.2 Å². The molecule has 5 heteroatoms. The van der Waals surface area contributed by atoms with Gasteiger partial charge in [0.2, 0.25) is 0 Å². The van der Waals surface area contributed by atoms with Crippen LogP contribution in [0, 0.1) is 0 Å². The van der Waals surface area contributed by atoms with Gasteiger partial charge in [0.15, 0.2) is 0 Å². The number of aromatic nitrogens is 1. The van der Waals surface area contributed by atoms with Gasteiger partial charge in [-0.3, -0.25) is 4.79 Å². The third-order valence-electron chi connectivity index (χ3n) is 5.68. The molecule has 1 amide bonds. The molecule has 1 spiro atoms. The topological polar surface area (TPSA) is 45.3 Å². The molecule has 0 saturated carbocycles. The lowest BCUT2D eigenvalue weighted by molar-refractivity contribution is -0.0742. The molecule has 0 atom stereocenters. The van der Waals surface area contributed by atoms with Crippen LogP contribution < -0.4 is 0 Å². The van der Waals surface area contributed by atoms with Crippen molar-refractivity contribution in [1.82, 2.24) is 9.88 Å².